The number of carbonyl (C=O) groups is 1. The molecule has 32 heavy (non-hydrogen) atoms. The van der Waals surface area contributed by atoms with Gasteiger partial charge in [0.05, 0.1) is 18.2 Å². The van der Waals surface area contributed by atoms with Gasteiger partial charge >= 0.3 is 6.09 Å². The molecule has 5 heterocycles. The van der Waals surface area contributed by atoms with Crippen LogP contribution >= 0.6 is 0 Å². The Bertz CT molecular complexity index is 1160. The summed E-state index contributed by atoms with van der Waals surface area (Å²) in [4.78, 5) is 19.6. The third-order valence-corrected chi connectivity index (χ3v) is 7.12. The molecule has 1 unspecified atom stereocenters. The standard InChI is InChI=1S/C26H27N3O3/c30-26(32-25-16-29-10-7-17(25)8-11-29)28-23-9-12-31-24-14-18(5-6-21(23)24)20-13-19-3-1-2-4-22(19)27-15-20/h1-6,13-15,17,23,25H,7-12,16H2,(H,28,30)/t23?,25-/m0/s1. The van der Waals surface area contributed by atoms with Crippen LogP contribution in [-0.2, 0) is 4.74 Å². The summed E-state index contributed by atoms with van der Waals surface area (Å²) in [5, 5.41) is 4.20. The molecule has 6 nitrogen and oxygen atoms in total. The van der Waals surface area contributed by atoms with Crippen LogP contribution in [0.15, 0.2) is 54.7 Å². The summed E-state index contributed by atoms with van der Waals surface area (Å²) in [6.07, 6.45) is 4.59. The summed E-state index contributed by atoms with van der Waals surface area (Å²) in [7, 11) is 0. The zero-order chi connectivity index (χ0) is 21.5. The maximum absolute atomic E-state index is 12.7. The number of nitrogens with zero attached hydrogens (tertiary/aromatic N) is 2. The van der Waals surface area contributed by atoms with Crippen LogP contribution in [0.1, 0.15) is 30.9 Å². The lowest BCUT2D eigenvalue weighted by molar-refractivity contribution is -0.0342. The number of aromatic nitrogens is 1. The number of ether oxygens (including phenoxy) is 2. The highest BCUT2D eigenvalue weighted by Crippen LogP contribution is 2.36. The number of fused-ring (bicyclic) bond motifs is 5. The monoisotopic (exact) mass is 429 g/mol. The van der Waals surface area contributed by atoms with E-state index in [1.54, 1.807) is 0 Å². The molecule has 4 aliphatic rings. The van der Waals surface area contributed by atoms with Gasteiger partial charge in [0.2, 0.25) is 0 Å². The predicted octanol–water partition coefficient (Wildman–Crippen LogP) is 4.55. The van der Waals surface area contributed by atoms with E-state index in [-0.39, 0.29) is 18.2 Å². The number of hydrogen-bond acceptors (Lipinski definition) is 5. The summed E-state index contributed by atoms with van der Waals surface area (Å²) in [5.74, 6) is 1.32. The first-order valence-corrected chi connectivity index (χ1v) is 11.5. The van der Waals surface area contributed by atoms with E-state index in [1.807, 2.05) is 30.5 Å². The number of nitrogens with one attached hydrogen (secondary N) is 1. The zero-order valence-corrected chi connectivity index (χ0v) is 18.0. The number of para-hydroxylation sites is 1. The second kappa shape index (κ2) is 8.10. The third-order valence-electron chi connectivity index (χ3n) is 7.12. The van der Waals surface area contributed by atoms with Crippen molar-refractivity contribution < 1.29 is 14.3 Å². The zero-order valence-electron chi connectivity index (χ0n) is 18.0. The minimum Gasteiger partial charge on any atom is -0.493 e. The Balaban J connectivity index is 1.18. The van der Waals surface area contributed by atoms with Gasteiger partial charge in [-0.15, -0.1) is 0 Å². The van der Waals surface area contributed by atoms with Crippen molar-refractivity contribution in [2.45, 2.75) is 31.4 Å². The molecule has 0 radical (unpaired) electrons. The first kappa shape index (κ1) is 19.6. The van der Waals surface area contributed by atoms with Crippen LogP contribution in [0.3, 0.4) is 0 Å². The molecular formula is C26H27N3O3. The van der Waals surface area contributed by atoms with Crippen molar-refractivity contribution in [2.24, 2.45) is 5.92 Å². The number of piperidine rings is 3. The molecule has 3 saturated heterocycles. The third kappa shape index (κ3) is 3.69. The Kier molecular flexibility index (Phi) is 4.95. The first-order valence-electron chi connectivity index (χ1n) is 11.5. The quantitative estimate of drug-likeness (QED) is 0.662. The first-order chi connectivity index (χ1) is 15.7. The second-order valence-electron chi connectivity index (χ2n) is 9.09. The van der Waals surface area contributed by atoms with Gasteiger partial charge in [0, 0.05) is 35.7 Å². The maximum atomic E-state index is 12.7. The van der Waals surface area contributed by atoms with Crippen molar-refractivity contribution in [3.63, 3.8) is 0 Å². The molecule has 1 aromatic heterocycles. The molecule has 2 bridgehead atoms. The Morgan fingerprint density at radius 1 is 1.06 bits per heavy atom. The Labute approximate surface area is 187 Å². The highest BCUT2D eigenvalue weighted by Gasteiger charge is 2.37. The van der Waals surface area contributed by atoms with Gasteiger partial charge in [-0.1, -0.05) is 30.3 Å². The van der Waals surface area contributed by atoms with Crippen LogP contribution in [0.2, 0.25) is 0 Å². The lowest BCUT2D eigenvalue weighted by Crippen LogP contribution is -2.52. The molecule has 7 rings (SSSR count). The number of alkyl carbamates (subject to hydrolysis) is 1. The summed E-state index contributed by atoms with van der Waals surface area (Å²) >= 11 is 0. The fourth-order valence-electron chi connectivity index (χ4n) is 5.31. The fourth-order valence-corrected chi connectivity index (χ4v) is 5.31. The molecule has 2 atom stereocenters. The van der Waals surface area contributed by atoms with E-state index in [9.17, 15) is 4.79 Å². The molecule has 3 aromatic rings. The summed E-state index contributed by atoms with van der Waals surface area (Å²) < 4.78 is 11.8. The molecule has 3 fully saturated rings. The number of benzene rings is 2. The maximum Gasteiger partial charge on any atom is 0.407 e. The molecule has 0 aliphatic carbocycles. The van der Waals surface area contributed by atoms with Crippen molar-refractivity contribution in [1.29, 1.82) is 0 Å². The molecule has 6 heteroatoms. The topological polar surface area (TPSA) is 63.7 Å². The molecule has 0 spiro atoms. The lowest BCUT2D eigenvalue weighted by atomic mass is 9.86. The fraction of sp³-hybridized carbons (Fsp3) is 0.385. The van der Waals surface area contributed by atoms with Crippen molar-refractivity contribution in [3.8, 4) is 16.9 Å². The van der Waals surface area contributed by atoms with Crippen LogP contribution in [0.25, 0.3) is 22.0 Å². The molecule has 2 aromatic carbocycles. The van der Waals surface area contributed by atoms with Gasteiger partial charge in [-0.2, -0.15) is 0 Å². The minimum absolute atomic E-state index is 0.0135. The molecule has 1 N–H and O–H groups in total. The van der Waals surface area contributed by atoms with E-state index >= 15 is 0 Å². The summed E-state index contributed by atoms with van der Waals surface area (Å²) in [6, 6.07) is 16.3. The number of rotatable bonds is 3. The highest BCUT2D eigenvalue weighted by molar-refractivity contribution is 5.83. The Hall–Kier alpha value is -3.12. The average Bonchev–Trinajstić information content (AvgIpc) is 2.84. The second-order valence-corrected chi connectivity index (χ2v) is 9.09. The van der Waals surface area contributed by atoms with Gasteiger partial charge < -0.3 is 14.8 Å². The van der Waals surface area contributed by atoms with Crippen molar-refractivity contribution in [1.82, 2.24) is 15.2 Å². The van der Waals surface area contributed by atoms with Gasteiger partial charge in [-0.3, -0.25) is 9.88 Å². The van der Waals surface area contributed by atoms with E-state index in [2.05, 4.69) is 39.5 Å². The van der Waals surface area contributed by atoms with E-state index in [0.717, 1.165) is 72.2 Å². The van der Waals surface area contributed by atoms with E-state index in [0.29, 0.717) is 12.5 Å². The SMILES string of the molecule is O=C(NC1CCOc2cc(-c3cnc4ccccc4c3)ccc21)O[C@H]1CN2CCC1CC2. The van der Waals surface area contributed by atoms with Crippen molar-refractivity contribution in [3.05, 3.63) is 60.3 Å². The molecule has 0 saturated carbocycles. The lowest BCUT2D eigenvalue weighted by Gasteiger charge is -2.44. The van der Waals surface area contributed by atoms with Crippen molar-refractivity contribution in [2.75, 3.05) is 26.2 Å². The van der Waals surface area contributed by atoms with Crippen molar-refractivity contribution >= 4 is 17.0 Å². The van der Waals surface area contributed by atoms with Crippen LogP contribution in [-0.4, -0.2) is 48.3 Å². The number of hydrogen-bond donors (Lipinski definition) is 1. The number of amides is 1. The average molecular weight is 430 g/mol. The number of carbonyl (C=O) groups excluding carboxylic acids is 1. The summed E-state index contributed by atoms with van der Waals surface area (Å²) in [6.45, 7) is 3.70. The van der Waals surface area contributed by atoms with Gasteiger partial charge in [-0.05, 0) is 55.6 Å². The molecule has 4 aliphatic heterocycles. The highest BCUT2D eigenvalue weighted by atomic mass is 16.6. The molecule has 1 amide bonds. The van der Waals surface area contributed by atoms with Crippen LogP contribution in [0, 0.1) is 5.92 Å². The molecule has 164 valence electrons. The van der Waals surface area contributed by atoms with Crippen LogP contribution in [0.5, 0.6) is 5.75 Å². The van der Waals surface area contributed by atoms with E-state index in [4.69, 9.17) is 9.47 Å². The van der Waals surface area contributed by atoms with Gasteiger partial charge in [-0.25, -0.2) is 4.79 Å². The Morgan fingerprint density at radius 2 is 1.94 bits per heavy atom. The number of pyridine rings is 1. The Morgan fingerprint density at radius 3 is 2.78 bits per heavy atom. The summed E-state index contributed by atoms with van der Waals surface area (Å²) in [5.41, 5.74) is 4.08. The van der Waals surface area contributed by atoms with E-state index < -0.39 is 0 Å². The largest absolute Gasteiger partial charge is 0.493 e. The molecular weight excluding hydrogens is 402 g/mol. The smallest absolute Gasteiger partial charge is 0.407 e. The normalized spacial score (nSPS) is 26.2. The van der Waals surface area contributed by atoms with Gasteiger partial charge in [0.25, 0.3) is 0 Å². The van der Waals surface area contributed by atoms with Crippen LogP contribution < -0.4 is 10.1 Å². The van der Waals surface area contributed by atoms with Gasteiger partial charge in [0.1, 0.15) is 11.9 Å². The van der Waals surface area contributed by atoms with E-state index in [1.165, 1.54) is 0 Å². The predicted molar refractivity (Wildman–Crippen MR) is 123 cm³/mol. The van der Waals surface area contributed by atoms with Gasteiger partial charge in [0.15, 0.2) is 0 Å². The van der Waals surface area contributed by atoms with Crippen LogP contribution in [0.4, 0.5) is 4.79 Å². The minimum atomic E-state index is -0.315.